The zero-order valence-corrected chi connectivity index (χ0v) is 13.3. The highest BCUT2D eigenvalue weighted by Gasteiger charge is 2.34. The van der Waals surface area contributed by atoms with Crippen molar-refractivity contribution in [3.05, 3.63) is 28.8 Å². The van der Waals surface area contributed by atoms with Gasteiger partial charge in [0.15, 0.2) is 0 Å². The summed E-state index contributed by atoms with van der Waals surface area (Å²) in [6, 6.07) is 6.67. The van der Waals surface area contributed by atoms with E-state index in [1.165, 1.54) is 31.2 Å². The van der Waals surface area contributed by atoms with Crippen molar-refractivity contribution in [1.82, 2.24) is 0 Å². The van der Waals surface area contributed by atoms with Gasteiger partial charge in [0.1, 0.15) is 0 Å². The topological polar surface area (TPSA) is 12.0 Å². The fourth-order valence-electron chi connectivity index (χ4n) is 3.34. The zero-order valence-electron chi connectivity index (χ0n) is 12.6. The van der Waals surface area contributed by atoms with E-state index in [2.05, 4.69) is 39.1 Å². The molecule has 0 aliphatic heterocycles. The van der Waals surface area contributed by atoms with Crippen molar-refractivity contribution in [3.8, 4) is 0 Å². The molecule has 1 N–H and O–H groups in total. The summed E-state index contributed by atoms with van der Waals surface area (Å²) in [5.41, 5.74) is 2.73. The lowest BCUT2D eigenvalue weighted by molar-refractivity contribution is 0.163. The fourth-order valence-corrected chi connectivity index (χ4v) is 3.62. The number of hydrogen-bond donors (Lipinski definition) is 1. The monoisotopic (exact) mass is 279 g/mol. The van der Waals surface area contributed by atoms with E-state index in [0.717, 1.165) is 16.6 Å². The maximum Gasteiger partial charge on any atom is 0.0640 e. The van der Waals surface area contributed by atoms with Crippen molar-refractivity contribution >= 4 is 17.3 Å². The van der Waals surface area contributed by atoms with Crippen LogP contribution in [0.5, 0.6) is 0 Å². The molecule has 19 heavy (non-hydrogen) atoms. The van der Waals surface area contributed by atoms with Crippen LogP contribution in [-0.4, -0.2) is 6.04 Å². The summed E-state index contributed by atoms with van der Waals surface area (Å²) in [5.74, 6) is 0.719. The van der Waals surface area contributed by atoms with Gasteiger partial charge in [0.05, 0.1) is 10.7 Å². The van der Waals surface area contributed by atoms with Gasteiger partial charge < -0.3 is 5.32 Å². The highest BCUT2D eigenvalue weighted by Crippen LogP contribution is 2.40. The van der Waals surface area contributed by atoms with E-state index in [4.69, 9.17) is 11.6 Å². The lowest BCUT2D eigenvalue weighted by Crippen LogP contribution is -2.40. The Morgan fingerprint density at radius 1 is 1.16 bits per heavy atom. The number of anilines is 1. The maximum absolute atomic E-state index is 6.35. The number of aryl methyl sites for hydroxylation is 1. The smallest absolute Gasteiger partial charge is 0.0640 e. The molecule has 0 spiro atoms. The molecule has 2 unspecified atom stereocenters. The second kappa shape index (κ2) is 5.75. The minimum absolute atomic E-state index is 0.354. The molecule has 1 saturated carbocycles. The van der Waals surface area contributed by atoms with Crippen molar-refractivity contribution in [2.24, 2.45) is 11.3 Å². The molecule has 0 radical (unpaired) electrons. The molecule has 1 aromatic carbocycles. The normalized spacial score (nSPS) is 24.3. The van der Waals surface area contributed by atoms with Crippen molar-refractivity contribution in [2.45, 2.75) is 59.4 Å². The summed E-state index contributed by atoms with van der Waals surface area (Å²) >= 11 is 6.35. The molecular formula is C17H26ClN. The Labute approximate surface area is 122 Å². The molecule has 106 valence electrons. The Morgan fingerprint density at radius 2 is 1.84 bits per heavy atom. The molecule has 1 aliphatic carbocycles. The average Bonchev–Trinajstić information content (AvgIpc) is 2.33. The van der Waals surface area contributed by atoms with Crippen LogP contribution in [0.25, 0.3) is 0 Å². The SMILES string of the molecule is Cc1cccc(Cl)c1NC1CCCCC1C(C)(C)C. The first kappa shape index (κ1) is 14.7. The highest BCUT2D eigenvalue weighted by atomic mass is 35.5. The summed E-state index contributed by atoms with van der Waals surface area (Å²) in [4.78, 5) is 0. The molecule has 2 rings (SSSR count). The molecule has 1 aliphatic rings. The molecule has 0 saturated heterocycles. The predicted molar refractivity (Wildman–Crippen MR) is 85.0 cm³/mol. The fraction of sp³-hybridized carbons (Fsp3) is 0.647. The minimum atomic E-state index is 0.354. The van der Waals surface area contributed by atoms with E-state index < -0.39 is 0 Å². The van der Waals surface area contributed by atoms with Crippen molar-refractivity contribution in [2.75, 3.05) is 5.32 Å². The Balaban J connectivity index is 2.20. The molecule has 2 heteroatoms. The second-order valence-electron chi connectivity index (χ2n) is 6.94. The van der Waals surface area contributed by atoms with E-state index in [0.29, 0.717) is 11.5 Å². The molecule has 2 atom stereocenters. The van der Waals surface area contributed by atoms with E-state index in [9.17, 15) is 0 Å². The second-order valence-corrected chi connectivity index (χ2v) is 7.35. The molecule has 0 aromatic heterocycles. The summed E-state index contributed by atoms with van der Waals surface area (Å²) in [6.07, 6.45) is 5.27. The number of benzene rings is 1. The molecular weight excluding hydrogens is 254 g/mol. The summed E-state index contributed by atoms with van der Waals surface area (Å²) < 4.78 is 0. The number of rotatable bonds is 2. The van der Waals surface area contributed by atoms with Gasteiger partial charge >= 0.3 is 0 Å². The van der Waals surface area contributed by atoms with Crippen molar-refractivity contribution in [3.63, 3.8) is 0 Å². The molecule has 1 fully saturated rings. The van der Waals surface area contributed by atoms with E-state index in [1.54, 1.807) is 0 Å². The van der Waals surface area contributed by atoms with Gasteiger partial charge in [-0.15, -0.1) is 0 Å². The van der Waals surface area contributed by atoms with Crippen LogP contribution in [0.15, 0.2) is 18.2 Å². The third kappa shape index (κ3) is 3.45. The number of para-hydroxylation sites is 1. The van der Waals surface area contributed by atoms with Crippen molar-refractivity contribution in [1.29, 1.82) is 0 Å². The number of hydrogen-bond acceptors (Lipinski definition) is 1. The van der Waals surface area contributed by atoms with Gasteiger partial charge in [-0.3, -0.25) is 0 Å². The number of halogens is 1. The van der Waals surface area contributed by atoms with Crippen LogP contribution < -0.4 is 5.32 Å². The third-order valence-electron chi connectivity index (χ3n) is 4.43. The quantitative estimate of drug-likeness (QED) is 0.736. The van der Waals surface area contributed by atoms with E-state index >= 15 is 0 Å². The van der Waals surface area contributed by atoms with Gasteiger partial charge in [-0.2, -0.15) is 0 Å². The van der Waals surface area contributed by atoms with Gasteiger partial charge in [0.25, 0.3) is 0 Å². The Kier molecular flexibility index (Phi) is 4.45. The molecule has 1 aromatic rings. The largest absolute Gasteiger partial charge is 0.381 e. The highest BCUT2D eigenvalue weighted by molar-refractivity contribution is 6.33. The van der Waals surface area contributed by atoms with Crippen LogP contribution in [0.2, 0.25) is 5.02 Å². The summed E-state index contributed by atoms with van der Waals surface area (Å²) in [7, 11) is 0. The average molecular weight is 280 g/mol. The summed E-state index contributed by atoms with van der Waals surface area (Å²) in [5, 5.41) is 4.59. The van der Waals surface area contributed by atoms with Crippen LogP contribution in [0.4, 0.5) is 5.69 Å². The van der Waals surface area contributed by atoms with E-state index in [1.807, 2.05) is 12.1 Å². The van der Waals surface area contributed by atoms with Crippen LogP contribution >= 0.6 is 11.6 Å². The zero-order chi connectivity index (χ0) is 14.0. The van der Waals surface area contributed by atoms with E-state index in [-0.39, 0.29) is 0 Å². The van der Waals surface area contributed by atoms with Gasteiger partial charge in [-0.1, -0.05) is 57.3 Å². The van der Waals surface area contributed by atoms with Crippen LogP contribution in [-0.2, 0) is 0 Å². The molecule has 1 nitrogen and oxygen atoms in total. The first-order valence-electron chi connectivity index (χ1n) is 7.41. The maximum atomic E-state index is 6.35. The van der Waals surface area contributed by atoms with Crippen molar-refractivity contribution < 1.29 is 0 Å². The molecule has 0 bridgehead atoms. The first-order chi connectivity index (χ1) is 8.89. The lowest BCUT2D eigenvalue weighted by atomic mass is 9.69. The minimum Gasteiger partial charge on any atom is -0.381 e. The van der Waals surface area contributed by atoms with Gasteiger partial charge in [0, 0.05) is 6.04 Å². The van der Waals surface area contributed by atoms with Gasteiger partial charge in [0.2, 0.25) is 0 Å². The van der Waals surface area contributed by atoms with Crippen LogP contribution in [0, 0.1) is 18.3 Å². The van der Waals surface area contributed by atoms with Gasteiger partial charge in [-0.25, -0.2) is 0 Å². The number of nitrogens with one attached hydrogen (secondary N) is 1. The van der Waals surface area contributed by atoms with Gasteiger partial charge in [-0.05, 0) is 42.7 Å². The molecule has 0 heterocycles. The first-order valence-corrected chi connectivity index (χ1v) is 7.79. The molecule has 0 amide bonds. The Morgan fingerprint density at radius 3 is 2.47 bits per heavy atom. The lowest BCUT2D eigenvalue weighted by Gasteiger charge is -2.41. The summed E-state index contributed by atoms with van der Waals surface area (Å²) in [6.45, 7) is 9.20. The third-order valence-corrected chi connectivity index (χ3v) is 4.74. The van der Waals surface area contributed by atoms with Crippen LogP contribution in [0.3, 0.4) is 0 Å². The predicted octanol–water partition coefficient (Wildman–Crippen LogP) is 5.67. The van der Waals surface area contributed by atoms with Crippen LogP contribution in [0.1, 0.15) is 52.0 Å². The Hall–Kier alpha value is -0.690. The standard InChI is InChI=1S/C17H26ClN/c1-12-8-7-10-14(18)16(12)19-15-11-6-5-9-13(15)17(2,3)4/h7-8,10,13,15,19H,5-6,9,11H2,1-4H3. The Bertz CT molecular complexity index is 413.